The number of benzene rings is 2. The van der Waals surface area contributed by atoms with E-state index in [-0.39, 0.29) is 24.4 Å². The topological polar surface area (TPSA) is 62.6 Å². The zero-order valence-corrected chi connectivity index (χ0v) is 17.7. The highest BCUT2D eigenvalue weighted by Crippen LogP contribution is 2.17. The maximum absolute atomic E-state index is 12.5. The molecule has 0 aromatic heterocycles. The van der Waals surface area contributed by atoms with Gasteiger partial charge in [-0.3, -0.25) is 9.59 Å². The molecule has 0 saturated carbocycles. The molecule has 1 unspecified atom stereocenters. The fourth-order valence-corrected chi connectivity index (χ4v) is 2.90. The Morgan fingerprint density at radius 1 is 0.964 bits per heavy atom. The van der Waals surface area contributed by atoms with Crippen LogP contribution < -0.4 is 15.5 Å². The molecule has 2 aromatic carbocycles. The third kappa shape index (κ3) is 5.92. The number of amides is 2. The van der Waals surface area contributed by atoms with Crippen LogP contribution in [0.2, 0.25) is 0 Å². The molecule has 0 saturated heterocycles. The van der Waals surface area contributed by atoms with Gasteiger partial charge in [-0.1, -0.05) is 38.1 Å². The normalized spacial score (nSPS) is 13.1. The van der Waals surface area contributed by atoms with E-state index in [4.69, 9.17) is 0 Å². The van der Waals surface area contributed by atoms with Crippen LogP contribution in [0.25, 0.3) is 0 Å². The Hall–Kier alpha value is -2.66. The highest BCUT2D eigenvalue weighted by Gasteiger charge is 2.24. The molecule has 2 aromatic rings. The summed E-state index contributed by atoms with van der Waals surface area (Å²) in [7, 11) is 1.86. The van der Waals surface area contributed by atoms with Crippen LogP contribution in [0.1, 0.15) is 43.4 Å². The van der Waals surface area contributed by atoms with Gasteiger partial charge in [0, 0.05) is 11.4 Å². The average Bonchev–Trinajstić information content (AvgIpc) is 2.64. The summed E-state index contributed by atoms with van der Waals surface area (Å²) in [5.41, 5.74) is 4.94. The molecule has 0 bridgehead atoms. The quantitative estimate of drug-likeness (QED) is 0.689. The van der Waals surface area contributed by atoms with Gasteiger partial charge < -0.3 is 15.5 Å². The van der Waals surface area contributed by atoms with Gasteiger partial charge in [0.05, 0.1) is 7.05 Å². The lowest BCUT2D eigenvalue weighted by Gasteiger charge is -2.21. The van der Waals surface area contributed by atoms with Crippen LogP contribution in [-0.4, -0.2) is 31.4 Å². The highest BCUT2D eigenvalue weighted by atomic mass is 16.2. The maximum atomic E-state index is 12.5. The second-order valence-corrected chi connectivity index (χ2v) is 7.88. The van der Waals surface area contributed by atoms with Gasteiger partial charge in [-0.05, 0) is 61.6 Å². The van der Waals surface area contributed by atoms with Gasteiger partial charge in [0.15, 0.2) is 12.6 Å². The summed E-state index contributed by atoms with van der Waals surface area (Å²) >= 11 is 0. The third-order valence-electron chi connectivity index (χ3n) is 5.08. The number of anilines is 2. The van der Waals surface area contributed by atoms with Crippen LogP contribution in [0.4, 0.5) is 11.4 Å². The van der Waals surface area contributed by atoms with Gasteiger partial charge in [0.2, 0.25) is 0 Å². The number of hydrogen-bond acceptors (Lipinski definition) is 2. The molecule has 0 spiro atoms. The maximum Gasteiger partial charge on any atom is 0.282 e. The van der Waals surface area contributed by atoms with Gasteiger partial charge in [-0.2, -0.15) is 0 Å². The Morgan fingerprint density at radius 2 is 1.61 bits per heavy atom. The molecule has 2 amide bonds. The molecule has 2 rings (SSSR count). The molecule has 5 heteroatoms. The second-order valence-electron chi connectivity index (χ2n) is 7.88. The number of aryl methyl sites for hydroxylation is 2. The Morgan fingerprint density at radius 3 is 2.21 bits per heavy atom. The van der Waals surface area contributed by atoms with Crippen molar-refractivity contribution in [2.75, 3.05) is 24.2 Å². The lowest BCUT2D eigenvalue weighted by Crippen LogP contribution is -3.14. The molecule has 28 heavy (non-hydrogen) atoms. The van der Waals surface area contributed by atoms with E-state index >= 15 is 0 Å². The molecule has 0 radical (unpaired) electrons. The molecule has 0 aliphatic carbocycles. The molecule has 0 fully saturated rings. The van der Waals surface area contributed by atoms with E-state index in [9.17, 15) is 9.59 Å². The lowest BCUT2D eigenvalue weighted by atomic mass is 10.0. The van der Waals surface area contributed by atoms with E-state index in [1.54, 1.807) is 0 Å². The van der Waals surface area contributed by atoms with Gasteiger partial charge in [0.25, 0.3) is 11.8 Å². The van der Waals surface area contributed by atoms with Gasteiger partial charge in [-0.25, -0.2) is 0 Å². The Labute approximate surface area is 168 Å². The number of quaternary nitrogens is 1. The Bertz CT molecular complexity index is 828. The highest BCUT2D eigenvalue weighted by molar-refractivity contribution is 5.94. The standard InChI is InChI=1S/C23H31N3O2/c1-15(2)19-9-11-20(12-10-19)24-23(28)18(5)26(6)14-22(27)25-21-13-16(3)7-8-17(21)4/h7-13,15,18H,14H2,1-6H3,(H,24,28)(H,25,27)/p+1/t18-/m1/s1. The van der Waals surface area contributed by atoms with Crippen molar-refractivity contribution < 1.29 is 14.5 Å². The summed E-state index contributed by atoms with van der Waals surface area (Å²) < 4.78 is 0. The summed E-state index contributed by atoms with van der Waals surface area (Å²) in [6.45, 7) is 10.3. The summed E-state index contributed by atoms with van der Waals surface area (Å²) in [6.07, 6.45) is 0. The number of hydrogen-bond donors (Lipinski definition) is 3. The van der Waals surface area contributed by atoms with E-state index in [0.717, 1.165) is 27.4 Å². The van der Waals surface area contributed by atoms with Crippen LogP contribution in [0, 0.1) is 13.8 Å². The van der Waals surface area contributed by atoms with E-state index < -0.39 is 0 Å². The first-order chi connectivity index (χ1) is 13.2. The van der Waals surface area contributed by atoms with Crippen molar-refractivity contribution in [2.24, 2.45) is 0 Å². The fourth-order valence-electron chi connectivity index (χ4n) is 2.90. The van der Waals surface area contributed by atoms with Crippen LogP contribution in [0.5, 0.6) is 0 Å². The van der Waals surface area contributed by atoms with E-state index in [2.05, 4.69) is 24.5 Å². The van der Waals surface area contributed by atoms with Crippen LogP contribution in [0.3, 0.4) is 0 Å². The van der Waals surface area contributed by atoms with Crippen LogP contribution >= 0.6 is 0 Å². The van der Waals surface area contributed by atoms with Crippen molar-refractivity contribution in [1.82, 2.24) is 0 Å². The van der Waals surface area contributed by atoms with Crippen LogP contribution in [-0.2, 0) is 9.59 Å². The van der Waals surface area contributed by atoms with E-state index in [0.29, 0.717) is 5.92 Å². The number of nitrogens with one attached hydrogen (secondary N) is 3. The minimum absolute atomic E-state index is 0.102. The van der Waals surface area contributed by atoms with Crippen LogP contribution in [0.15, 0.2) is 42.5 Å². The summed E-state index contributed by atoms with van der Waals surface area (Å²) in [6, 6.07) is 13.5. The van der Waals surface area contributed by atoms with Crippen molar-refractivity contribution in [1.29, 1.82) is 0 Å². The predicted molar refractivity (Wildman–Crippen MR) is 115 cm³/mol. The van der Waals surface area contributed by atoms with E-state index in [1.165, 1.54) is 5.56 Å². The number of carbonyl (C=O) groups is 2. The van der Waals surface area contributed by atoms with Crippen molar-refractivity contribution in [3.8, 4) is 0 Å². The lowest BCUT2D eigenvalue weighted by molar-refractivity contribution is -0.885. The largest absolute Gasteiger partial charge is 0.321 e. The second kappa shape index (κ2) is 9.51. The Balaban J connectivity index is 1.91. The number of carbonyl (C=O) groups excluding carboxylic acids is 2. The first-order valence-electron chi connectivity index (χ1n) is 9.77. The molecule has 150 valence electrons. The first-order valence-corrected chi connectivity index (χ1v) is 9.77. The summed E-state index contributed by atoms with van der Waals surface area (Å²) in [4.78, 5) is 25.8. The van der Waals surface area contributed by atoms with Crippen molar-refractivity contribution >= 4 is 23.2 Å². The Kier molecular flexibility index (Phi) is 7.35. The zero-order chi connectivity index (χ0) is 20.8. The molecule has 0 heterocycles. The smallest absolute Gasteiger partial charge is 0.282 e. The summed E-state index contributed by atoms with van der Waals surface area (Å²) in [5, 5.41) is 5.89. The van der Waals surface area contributed by atoms with Gasteiger partial charge in [0.1, 0.15) is 0 Å². The van der Waals surface area contributed by atoms with Gasteiger partial charge >= 0.3 is 0 Å². The molecule has 2 atom stereocenters. The van der Waals surface area contributed by atoms with Crippen molar-refractivity contribution in [2.45, 2.75) is 46.6 Å². The predicted octanol–water partition coefficient (Wildman–Crippen LogP) is 2.91. The average molecular weight is 383 g/mol. The molecule has 5 nitrogen and oxygen atoms in total. The fraction of sp³-hybridized carbons (Fsp3) is 0.391. The SMILES string of the molecule is Cc1ccc(C)c(NC(=O)C[NH+](C)[C@H](C)C(=O)Nc2ccc(C(C)C)cc2)c1. The zero-order valence-electron chi connectivity index (χ0n) is 17.7. The number of rotatable bonds is 7. The molecule has 3 N–H and O–H groups in total. The molecule has 0 aliphatic heterocycles. The van der Waals surface area contributed by atoms with E-state index in [1.807, 2.05) is 70.3 Å². The van der Waals surface area contributed by atoms with Gasteiger partial charge in [-0.15, -0.1) is 0 Å². The monoisotopic (exact) mass is 382 g/mol. The molecular weight excluding hydrogens is 350 g/mol. The third-order valence-corrected chi connectivity index (χ3v) is 5.08. The molecule has 0 aliphatic rings. The number of likely N-dealkylation sites (N-methyl/N-ethyl adjacent to an activating group) is 1. The van der Waals surface area contributed by atoms with Crippen molar-refractivity contribution in [3.05, 3.63) is 59.2 Å². The minimum Gasteiger partial charge on any atom is -0.321 e. The summed E-state index contributed by atoms with van der Waals surface area (Å²) in [5.74, 6) is 0.247. The minimum atomic E-state index is -0.353. The van der Waals surface area contributed by atoms with Crippen molar-refractivity contribution in [3.63, 3.8) is 0 Å². The first kappa shape index (κ1) is 21.6. The molecular formula is C23H32N3O2+.